The lowest BCUT2D eigenvalue weighted by atomic mass is 10.2. The standard InChI is InChI=1S/C9H14N4O2S2/c1-13-5-7(4-11-13)17(14,15)12-8(9(10)16)6-2-3-6/h4-6,8,12H,2-3H2,1H3,(H2,10,16). The van der Waals surface area contributed by atoms with E-state index in [1.165, 1.54) is 17.1 Å². The molecule has 0 aromatic carbocycles. The highest BCUT2D eigenvalue weighted by Crippen LogP contribution is 2.33. The summed E-state index contributed by atoms with van der Waals surface area (Å²) in [4.78, 5) is 0.321. The van der Waals surface area contributed by atoms with Crippen LogP contribution in [0, 0.1) is 5.92 Å². The zero-order chi connectivity index (χ0) is 12.6. The summed E-state index contributed by atoms with van der Waals surface area (Å²) in [6, 6.07) is -0.449. The second-order valence-corrected chi connectivity index (χ2v) is 6.37. The SMILES string of the molecule is Cn1cc(S(=O)(=O)NC(C(N)=S)C2CC2)cn1. The number of hydrogen-bond donors (Lipinski definition) is 2. The summed E-state index contributed by atoms with van der Waals surface area (Å²) in [5.74, 6) is 0.235. The van der Waals surface area contributed by atoms with Gasteiger partial charge in [0.2, 0.25) is 10.0 Å². The van der Waals surface area contributed by atoms with Crippen molar-refractivity contribution in [3.63, 3.8) is 0 Å². The van der Waals surface area contributed by atoms with Crippen molar-refractivity contribution in [2.45, 2.75) is 23.8 Å². The van der Waals surface area contributed by atoms with Crippen LogP contribution in [0.2, 0.25) is 0 Å². The number of nitrogens with one attached hydrogen (secondary N) is 1. The van der Waals surface area contributed by atoms with Crippen LogP contribution < -0.4 is 10.5 Å². The molecular weight excluding hydrogens is 260 g/mol. The molecule has 1 saturated carbocycles. The Kier molecular flexibility index (Phi) is 3.19. The van der Waals surface area contributed by atoms with Crippen LogP contribution in [0.15, 0.2) is 17.3 Å². The van der Waals surface area contributed by atoms with Crippen LogP contribution in [-0.2, 0) is 17.1 Å². The van der Waals surface area contributed by atoms with E-state index in [-0.39, 0.29) is 15.8 Å². The monoisotopic (exact) mass is 274 g/mol. The molecule has 1 aliphatic carbocycles. The largest absolute Gasteiger partial charge is 0.392 e. The van der Waals surface area contributed by atoms with E-state index in [2.05, 4.69) is 9.82 Å². The Balaban J connectivity index is 2.18. The fourth-order valence-corrected chi connectivity index (χ4v) is 3.18. The van der Waals surface area contributed by atoms with Gasteiger partial charge in [-0.2, -0.15) is 5.10 Å². The Bertz CT molecular complexity index is 533. The molecule has 17 heavy (non-hydrogen) atoms. The van der Waals surface area contributed by atoms with Crippen LogP contribution in [0.25, 0.3) is 0 Å². The zero-order valence-electron chi connectivity index (χ0n) is 9.33. The number of nitrogens with zero attached hydrogens (tertiary/aromatic N) is 2. The van der Waals surface area contributed by atoms with Crippen LogP contribution in [0.5, 0.6) is 0 Å². The number of aromatic nitrogens is 2. The molecule has 8 heteroatoms. The van der Waals surface area contributed by atoms with Crippen molar-refractivity contribution in [2.75, 3.05) is 0 Å². The highest BCUT2D eigenvalue weighted by Gasteiger charge is 2.36. The van der Waals surface area contributed by atoms with E-state index in [1.54, 1.807) is 7.05 Å². The molecule has 1 fully saturated rings. The summed E-state index contributed by atoms with van der Waals surface area (Å²) in [7, 11) is -1.93. The predicted octanol–water partition coefficient (Wildman–Crippen LogP) is -0.237. The van der Waals surface area contributed by atoms with Gasteiger partial charge >= 0.3 is 0 Å². The molecule has 0 aliphatic heterocycles. The minimum absolute atomic E-state index is 0.127. The number of aryl methyl sites for hydroxylation is 1. The normalized spacial score (nSPS) is 17.9. The Morgan fingerprint density at radius 1 is 1.71 bits per heavy atom. The van der Waals surface area contributed by atoms with Crippen molar-refractivity contribution in [2.24, 2.45) is 18.7 Å². The molecule has 2 rings (SSSR count). The third-order valence-electron chi connectivity index (χ3n) is 2.67. The second-order valence-electron chi connectivity index (χ2n) is 4.19. The Labute approximate surface area is 105 Å². The van der Waals surface area contributed by atoms with E-state index in [9.17, 15) is 8.42 Å². The highest BCUT2D eigenvalue weighted by atomic mass is 32.2. The van der Waals surface area contributed by atoms with E-state index in [4.69, 9.17) is 18.0 Å². The van der Waals surface area contributed by atoms with Gasteiger partial charge in [0.05, 0.1) is 17.2 Å². The minimum Gasteiger partial charge on any atom is -0.392 e. The predicted molar refractivity (Wildman–Crippen MR) is 66.8 cm³/mol. The van der Waals surface area contributed by atoms with Crippen LogP contribution in [-0.4, -0.2) is 29.2 Å². The summed E-state index contributed by atoms with van der Waals surface area (Å²) < 4.78 is 28.0. The van der Waals surface area contributed by atoms with Gasteiger partial charge in [-0.05, 0) is 18.8 Å². The van der Waals surface area contributed by atoms with Crippen molar-refractivity contribution < 1.29 is 8.42 Å². The lowest BCUT2D eigenvalue weighted by Gasteiger charge is -2.15. The van der Waals surface area contributed by atoms with Crippen LogP contribution in [0.1, 0.15) is 12.8 Å². The molecule has 0 amide bonds. The first-order chi connectivity index (χ1) is 7.90. The molecule has 1 heterocycles. The van der Waals surface area contributed by atoms with E-state index in [1.807, 2.05) is 0 Å². The Morgan fingerprint density at radius 2 is 2.35 bits per heavy atom. The Hall–Kier alpha value is -0.990. The number of hydrogen-bond acceptors (Lipinski definition) is 4. The number of rotatable bonds is 5. The van der Waals surface area contributed by atoms with Crippen LogP contribution in [0.3, 0.4) is 0 Å². The molecule has 1 aromatic heterocycles. The fourth-order valence-electron chi connectivity index (χ4n) is 1.59. The molecule has 1 unspecified atom stereocenters. The smallest absolute Gasteiger partial charge is 0.244 e. The molecule has 1 aliphatic rings. The van der Waals surface area contributed by atoms with Crippen molar-refractivity contribution in [1.29, 1.82) is 0 Å². The van der Waals surface area contributed by atoms with Gasteiger partial charge in [-0.25, -0.2) is 13.1 Å². The van der Waals surface area contributed by atoms with Crippen LogP contribution >= 0.6 is 12.2 Å². The van der Waals surface area contributed by atoms with Gasteiger partial charge in [-0.1, -0.05) is 12.2 Å². The minimum atomic E-state index is -3.59. The quantitative estimate of drug-likeness (QED) is 0.723. The molecular formula is C9H14N4O2S2. The average Bonchev–Trinajstić information content (AvgIpc) is 2.96. The maximum absolute atomic E-state index is 12.0. The first-order valence-electron chi connectivity index (χ1n) is 5.20. The van der Waals surface area contributed by atoms with Crippen molar-refractivity contribution >= 4 is 27.2 Å². The molecule has 94 valence electrons. The maximum atomic E-state index is 12.0. The maximum Gasteiger partial charge on any atom is 0.244 e. The summed E-state index contributed by atoms with van der Waals surface area (Å²) in [6.45, 7) is 0. The number of nitrogens with two attached hydrogens (primary N) is 1. The molecule has 0 radical (unpaired) electrons. The van der Waals surface area contributed by atoms with Crippen molar-refractivity contribution in [3.8, 4) is 0 Å². The summed E-state index contributed by atoms with van der Waals surface area (Å²) >= 11 is 4.89. The van der Waals surface area contributed by atoms with E-state index in [0.29, 0.717) is 0 Å². The van der Waals surface area contributed by atoms with Crippen molar-refractivity contribution in [1.82, 2.24) is 14.5 Å². The van der Waals surface area contributed by atoms with Gasteiger partial charge in [0.1, 0.15) is 4.90 Å². The van der Waals surface area contributed by atoms with Gasteiger partial charge in [0.25, 0.3) is 0 Å². The molecule has 6 nitrogen and oxygen atoms in total. The van der Waals surface area contributed by atoms with E-state index < -0.39 is 16.1 Å². The van der Waals surface area contributed by atoms with Gasteiger partial charge in [-0.3, -0.25) is 4.68 Å². The van der Waals surface area contributed by atoms with Gasteiger partial charge in [0.15, 0.2) is 0 Å². The highest BCUT2D eigenvalue weighted by molar-refractivity contribution is 7.89. The van der Waals surface area contributed by atoms with E-state index in [0.717, 1.165) is 12.8 Å². The van der Waals surface area contributed by atoms with Crippen LogP contribution in [0.4, 0.5) is 0 Å². The lowest BCUT2D eigenvalue weighted by Crippen LogP contribution is -2.44. The lowest BCUT2D eigenvalue weighted by molar-refractivity contribution is 0.565. The first-order valence-corrected chi connectivity index (χ1v) is 7.09. The zero-order valence-corrected chi connectivity index (χ0v) is 11.0. The Morgan fingerprint density at radius 3 is 2.76 bits per heavy atom. The second kappa shape index (κ2) is 4.35. The molecule has 0 spiro atoms. The number of thiocarbonyl (C=S) groups is 1. The van der Waals surface area contributed by atoms with Crippen molar-refractivity contribution in [3.05, 3.63) is 12.4 Å². The summed E-state index contributed by atoms with van der Waals surface area (Å²) in [5, 5.41) is 3.83. The summed E-state index contributed by atoms with van der Waals surface area (Å²) in [6.07, 6.45) is 4.65. The molecule has 1 aromatic rings. The van der Waals surface area contributed by atoms with Gasteiger partial charge in [0, 0.05) is 13.2 Å². The third kappa shape index (κ3) is 2.82. The van der Waals surface area contributed by atoms with E-state index >= 15 is 0 Å². The molecule has 1 atom stereocenters. The first kappa shape index (κ1) is 12.5. The average molecular weight is 274 g/mol. The number of sulfonamides is 1. The summed E-state index contributed by atoms with van der Waals surface area (Å²) in [5.41, 5.74) is 5.55. The third-order valence-corrected chi connectivity index (χ3v) is 4.32. The molecule has 3 N–H and O–H groups in total. The molecule has 0 saturated heterocycles. The fraction of sp³-hybridized carbons (Fsp3) is 0.556. The molecule has 0 bridgehead atoms. The topological polar surface area (TPSA) is 90.0 Å². The van der Waals surface area contributed by atoms with Gasteiger partial charge in [-0.15, -0.1) is 0 Å². The van der Waals surface area contributed by atoms with Gasteiger partial charge < -0.3 is 5.73 Å².